The molecule has 2 N–H and O–H groups in total. The Balaban J connectivity index is 2.24. The zero-order valence-electron chi connectivity index (χ0n) is 10.7. The van der Waals surface area contributed by atoms with E-state index in [1.807, 2.05) is 29.5 Å². The first kappa shape index (κ1) is 13.8. The summed E-state index contributed by atoms with van der Waals surface area (Å²) in [7, 11) is 0. The van der Waals surface area contributed by atoms with Crippen molar-refractivity contribution in [3.05, 3.63) is 56.2 Å². The largest absolute Gasteiger partial charge is 0.321 e. The molecule has 18 heavy (non-hydrogen) atoms. The van der Waals surface area contributed by atoms with E-state index in [1.165, 1.54) is 9.75 Å². The second kappa shape index (κ2) is 5.55. The number of rotatable bonds is 4. The van der Waals surface area contributed by atoms with Gasteiger partial charge in [0.1, 0.15) is 0 Å². The van der Waals surface area contributed by atoms with E-state index >= 15 is 0 Å². The van der Waals surface area contributed by atoms with E-state index in [1.54, 1.807) is 0 Å². The molecule has 0 aliphatic heterocycles. The molecule has 0 aliphatic rings. The number of halogens is 1. The van der Waals surface area contributed by atoms with Crippen LogP contribution in [0.5, 0.6) is 0 Å². The topological polar surface area (TPSA) is 26.0 Å². The molecular weight excluding hydrogens is 306 g/mol. The average Bonchev–Trinajstić information content (AvgIpc) is 2.76. The minimum Gasteiger partial charge on any atom is -0.321 e. The third-order valence-corrected chi connectivity index (χ3v) is 5.02. The van der Waals surface area contributed by atoms with Gasteiger partial charge in [0.15, 0.2) is 0 Å². The first-order valence-corrected chi connectivity index (χ1v) is 7.75. The summed E-state index contributed by atoms with van der Waals surface area (Å²) in [5, 5.41) is 0. The molecule has 0 saturated carbocycles. The molecule has 0 spiro atoms. The highest BCUT2D eigenvalue weighted by Gasteiger charge is 2.24. The molecule has 0 fully saturated rings. The monoisotopic (exact) mass is 323 g/mol. The molecule has 96 valence electrons. The van der Waals surface area contributed by atoms with Gasteiger partial charge in [0.25, 0.3) is 0 Å². The molecule has 2 rings (SSSR count). The predicted molar refractivity (Wildman–Crippen MR) is 83.1 cm³/mol. The summed E-state index contributed by atoms with van der Waals surface area (Å²) in [6.45, 7) is 4.28. The van der Waals surface area contributed by atoms with Crippen molar-refractivity contribution in [3.63, 3.8) is 0 Å². The van der Waals surface area contributed by atoms with Crippen LogP contribution >= 0.6 is 27.3 Å². The maximum Gasteiger partial charge on any atom is 0.0441 e. The molecule has 1 unspecified atom stereocenters. The van der Waals surface area contributed by atoms with Gasteiger partial charge in [0.05, 0.1) is 0 Å². The summed E-state index contributed by atoms with van der Waals surface area (Å²) < 4.78 is 1.09. The lowest BCUT2D eigenvalue weighted by molar-refractivity contribution is 0.493. The molecule has 0 bridgehead atoms. The number of nitrogens with two attached hydrogens (primary N) is 1. The first-order valence-electron chi connectivity index (χ1n) is 6.14. The van der Waals surface area contributed by atoms with E-state index < -0.39 is 0 Å². The van der Waals surface area contributed by atoms with E-state index in [2.05, 4.69) is 48.0 Å². The molecule has 1 atom stereocenters. The number of benzene rings is 1. The lowest BCUT2D eigenvalue weighted by Crippen LogP contribution is -2.35. The van der Waals surface area contributed by atoms with Crippen LogP contribution in [0.2, 0.25) is 0 Å². The molecule has 2 aromatic rings. The van der Waals surface area contributed by atoms with Crippen LogP contribution < -0.4 is 5.73 Å². The van der Waals surface area contributed by atoms with Crippen molar-refractivity contribution in [2.75, 3.05) is 0 Å². The minimum atomic E-state index is -0.337. The highest BCUT2D eigenvalue weighted by atomic mass is 79.9. The van der Waals surface area contributed by atoms with Gasteiger partial charge in [-0.15, -0.1) is 11.3 Å². The second-order valence-electron chi connectivity index (χ2n) is 4.80. The van der Waals surface area contributed by atoms with Crippen molar-refractivity contribution < 1.29 is 0 Å². The Morgan fingerprint density at radius 1 is 1.17 bits per heavy atom. The van der Waals surface area contributed by atoms with Crippen molar-refractivity contribution in [3.8, 4) is 0 Å². The van der Waals surface area contributed by atoms with Crippen molar-refractivity contribution in [1.29, 1.82) is 0 Å². The van der Waals surface area contributed by atoms with Crippen molar-refractivity contribution in [2.24, 2.45) is 5.73 Å². The lowest BCUT2D eigenvalue weighted by Gasteiger charge is -2.26. The van der Waals surface area contributed by atoms with Crippen LogP contribution in [0.25, 0.3) is 0 Å². The molecule has 0 aliphatic carbocycles. The van der Waals surface area contributed by atoms with E-state index in [0.717, 1.165) is 22.9 Å². The molecule has 1 heterocycles. The zero-order valence-corrected chi connectivity index (χ0v) is 13.1. The molecular formula is C15H18BrNS. The molecule has 1 aromatic heterocycles. The van der Waals surface area contributed by atoms with Crippen LogP contribution in [-0.2, 0) is 18.4 Å². The van der Waals surface area contributed by atoms with Gasteiger partial charge in [-0.3, -0.25) is 0 Å². The van der Waals surface area contributed by atoms with Crippen LogP contribution in [0.15, 0.2) is 40.9 Å². The molecule has 0 saturated heterocycles. The maximum atomic E-state index is 6.50. The average molecular weight is 324 g/mol. The Kier molecular flexibility index (Phi) is 4.25. The highest BCUT2D eigenvalue weighted by Crippen LogP contribution is 2.31. The molecule has 0 amide bonds. The van der Waals surface area contributed by atoms with Gasteiger partial charge in [0, 0.05) is 26.2 Å². The molecule has 3 heteroatoms. The smallest absolute Gasteiger partial charge is 0.0441 e. The van der Waals surface area contributed by atoms with Crippen molar-refractivity contribution in [1.82, 2.24) is 0 Å². The number of hydrogen-bond donors (Lipinski definition) is 1. The lowest BCUT2D eigenvalue weighted by atomic mass is 9.89. The SMILES string of the molecule is CCc1ccc(CC(C)(N)c2ccccc2Br)s1. The second-order valence-corrected chi connectivity index (χ2v) is 6.90. The fourth-order valence-electron chi connectivity index (χ4n) is 2.09. The standard InChI is InChI=1S/C15H18BrNS/c1-3-11-8-9-12(18-11)10-15(2,17)13-6-4-5-7-14(13)16/h4-9H,3,10,17H2,1-2H3. The van der Waals surface area contributed by atoms with Gasteiger partial charge in [-0.1, -0.05) is 41.1 Å². The fourth-order valence-corrected chi connectivity index (χ4v) is 3.95. The Morgan fingerprint density at radius 3 is 2.44 bits per heavy atom. The quantitative estimate of drug-likeness (QED) is 0.881. The van der Waals surface area contributed by atoms with Crippen molar-refractivity contribution in [2.45, 2.75) is 32.2 Å². The molecule has 0 radical (unpaired) electrons. The summed E-state index contributed by atoms with van der Waals surface area (Å²) in [6.07, 6.45) is 1.97. The summed E-state index contributed by atoms with van der Waals surface area (Å²) in [4.78, 5) is 2.78. The third kappa shape index (κ3) is 3.02. The summed E-state index contributed by atoms with van der Waals surface area (Å²) in [5.41, 5.74) is 7.32. The maximum absolute atomic E-state index is 6.50. The van der Waals surface area contributed by atoms with E-state index in [9.17, 15) is 0 Å². The summed E-state index contributed by atoms with van der Waals surface area (Å²) in [6, 6.07) is 12.6. The third-order valence-electron chi connectivity index (χ3n) is 3.10. The van der Waals surface area contributed by atoms with Gasteiger partial charge in [-0.05, 0) is 37.1 Å². The van der Waals surface area contributed by atoms with Gasteiger partial charge < -0.3 is 5.73 Å². The summed E-state index contributed by atoms with van der Waals surface area (Å²) >= 11 is 5.45. The van der Waals surface area contributed by atoms with Crippen LogP contribution in [-0.4, -0.2) is 0 Å². The minimum absolute atomic E-state index is 0.337. The number of thiophene rings is 1. The first-order chi connectivity index (χ1) is 8.53. The predicted octanol–water partition coefficient (Wildman–Crippen LogP) is 4.49. The Morgan fingerprint density at radius 2 is 1.83 bits per heavy atom. The van der Waals surface area contributed by atoms with Gasteiger partial charge in [-0.25, -0.2) is 0 Å². The normalized spacial score (nSPS) is 14.4. The van der Waals surface area contributed by atoms with Crippen molar-refractivity contribution >= 4 is 27.3 Å². The zero-order chi connectivity index (χ0) is 13.2. The van der Waals surface area contributed by atoms with Crippen LogP contribution in [0.4, 0.5) is 0 Å². The fraction of sp³-hybridized carbons (Fsp3) is 0.333. The van der Waals surface area contributed by atoms with E-state index in [-0.39, 0.29) is 5.54 Å². The molecule has 1 nitrogen and oxygen atoms in total. The van der Waals surface area contributed by atoms with Gasteiger partial charge in [0.2, 0.25) is 0 Å². The highest BCUT2D eigenvalue weighted by molar-refractivity contribution is 9.10. The van der Waals surface area contributed by atoms with Gasteiger partial charge >= 0.3 is 0 Å². The molecule has 1 aromatic carbocycles. The van der Waals surface area contributed by atoms with E-state index in [4.69, 9.17) is 5.73 Å². The number of hydrogen-bond acceptors (Lipinski definition) is 2. The van der Waals surface area contributed by atoms with E-state index in [0.29, 0.717) is 0 Å². The van der Waals surface area contributed by atoms with Crippen LogP contribution in [0, 0.1) is 0 Å². The summed E-state index contributed by atoms with van der Waals surface area (Å²) in [5.74, 6) is 0. The van der Waals surface area contributed by atoms with Crippen LogP contribution in [0.3, 0.4) is 0 Å². The Bertz CT molecular complexity index is 531. The Hall–Kier alpha value is -0.640. The Labute approximate surface area is 121 Å². The van der Waals surface area contributed by atoms with Crippen LogP contribution in [0.1, 0.15) is 29.2 Å². The van der Waals surface area contributed by atoms with Gasteiger partial charge in [-0.2, -0.15) is 0 Å². The number of aryl methyl sites for hydroxylation is 1.